The van der Waals surface area contributed by atoms with Crippen LogP contribution in [-0.2, 0) is 4.74 Å². The molecule has 4 heteroatoms. The molecule has 0 bridgehead atoms. The Morgan fingerprint density at radius 2 is 1.60 bits per heavy atom. The van der Waals surface area contributed by atoms with Crippen LogP contribution in [0.1, 0.15) is 60.9 Å². The molecule has 1 aliphatic heterocycles. The third kappa shape index (κ3) is 5.96. The summed E-state index contributed by atoms with van der Waals surface area (Å²) in [6.07, 6.45) is 16.0. The molecule has 0 saturated heterocycles. The molecule has 2 rings (SSSR count). The molecule has 0 unspecified atom stereocenters. The number of allylic oxidation sites excluding steroid dienone is 2. The topological polar surface area (TPSA) is 44.8 Å². The lowest BCUT2D eigenvalue weighted by molar-refractivity contribution is 0.0507. The van der Waals surface area contributed by atoms with Crippen LogP contribution in [0.5, 0.6) is 11.5 Å². The van der Waals surface area contributed by atoms with Crippen molar-refractivity contribution in [1.82, 2.24) is 0 Å². The van der Waals surface area contributed by atoms with Crippen molar-refractivity contribution in [3.05, 3.63) is 41.5 Å². The van der Waals surface area contributed by atoms with E-state index in [0.29, 0.717) is 23.7 Å². The van der Waals surface area contributed by atoms with Gasteiger partial charge in [0, 0.05) is 6.07 Å². The van der Waals surface area contributed by atoms with Crippen LogP contribution >= 0.6 is 0 Å². The molecule has 1 heterocycles. The highest BCUT2D eigenvalue weighted by Crippen LogP contribution is 2.30. The van der Waals surface area contributed by atoms with Crippen molar-refractivity contribution in [2.24, 2.45) is 0 Å². The molecule has 0 spiro atoms. The van der Waals surface area contributed by atoms with Crippen LogP contribution in [0.3, 0.4) is 0 Å². The fourth-order valence-corrected chi connectivity index (χ4v) is 2.86. The number of carbonyl (C=O) groups is 1. The molecule has 0 aliphatic carbocycles. The van der Waals surface area contributed by atoms with Gasteiger partial charge >= 0.3 is 5.97 Å². The van der Waals surface area contributed by atoms with Gasteiger partial charge in [-0.1, -0.05) is 37.1 Å². The van der Waals surface area contributed by atoms with Gasteiger partial charge in [0.25, 0.3) is 0 Å². The van der Waals surface area contributed by atoms with Gasteiger partial charge in [0.1, 0.15) is 17.1 Å². The third-order valence-corrected chi connectivity index (χ3v) is 4.24. The molecule has 0 saturated carbocycles. The monoisotopic (exact) mass is 344 g/mol. The number of hydrogen-bond donors (Lipinski definition) is 0. The first-order chi connectivity index (χ1) is 12.3. The lowest BCUT2D eigenvalue weighted by atomic mass is 10.0. The van der Waals surface area contributed by atoms with E-state index in [-0.39, 0.29) is 5.97 Å². The highest BCUT2D eigenvalue weighted by atomic mass is 16.5. The molecule has 0 N–H and O–H groups in total. The van der Waals surface area contributed by atoms with Gasteiger partial charge in [-0.3, -0.25) is 0 Å². The van der Waals surface area contributed by atoms with Crippen molar-refractivity contribution < 1.29 is 19.0 Å². The predicted molar refractivity (Wildman–Crippen MR) is 100 cm³/mol. The van der Waals surface area contributed by atoms with Gasteiger partial charge in [0.05, 0.1) is 20.8 Å². The second kappa shape index (κ2) is 10.6. The Bertz CT molecular complexity index is 617. The fraction of sp³-hybridized carbons (Fsp3) is 0.476. The van der Waals surface area contributed by atoms with Crippen molar-refractivity contribution in [3.8, 4) is 11.5 Å². The second-order valence-electron chi connectivity index (χ2n) is 6.08. The van der Waals surface area contributed by atoms with Gasteiger partial charge < -0.3 is 14.2 Å². The molecule has 0 aromatic heterocycles. The SMILES string of the molecule is COc1cc2c(c(OC)c1)C(=O)OCC/C=C\CCCCCC/C=C/2. The molecular formula is C21H28O4. The standard InChI is InChI=1S/C21H28O4/c1-23-18-15-17-13-11-9-7-5-3-4-6-8-10-12-14-25-21(22)20(17)19(16-18)24-2/h8,10-11,13,15-16H,3-7,9,12,14H2,1-2H3/b10-8-,13-11+. The van der Waals surface area contributed by atoms with Crippen LogP contribution in [0.25, 0.3) is 6.08 Å². The Balaban J connectivity index is 2.29. The van der Waals surface area contributed by atoms with E-state index < -0.39 is 0 Å². The minimum Gasteiger partial charge on any atom is -0.497 e. The van der Waals surface area contributed by atoms with Crippen LogP contribution < -0.4 is 9.47 Å². The first-order valence-electron chi connectivity index (χ1n) is 9.01. The zero-order chi connectivity index (χ0) is 17.9. The van der Waals surface area contributed by atoms with Crippen molar-refractivity contribution >= 4 is 12.0 Å². The van der Waals surface area contributed by atoms with Gasteiger partial charge in [0.15, 0.2) is 0 Å². The number of methoxy groups -OCH3 is 2. The van der Waals surface area contributed by atoms with Gasteiger partial charge in [-0.05, 0) is 43.7 Å². The van der Waals surface area contributed by atoms with Crippen LogP contribution in [0.15, 0.2) is 30.4 Å². The number of carbonyl (C=O) groups excluding carboxylic acids is 1. The summed E-state index contributed by atoms with van der Waals surface area (Å²) < 4.78 is 16.2. The average molecular weight is 344 g/mol. The lowest BCUT2D eigenvalue weighted by Crippen LogP contribution is -2.10. The summed E-state index contributed by atoms with van der Waals surface area (Å²) in [5.74, 6) is 0.769. The maximum atomic E-state index is 12.6. The van der Waals surface area contributed by atoms with Gasteiger partial charge in [-0.15, -0.1) is 0 Å². The summed E-state index contributed by atoms with van der Waals surface area (Å²) in [5, 5.41) is 0. The van der Waals surface area contributed by atoms with E-state index in [4.69, 9.17) is 14.2 Å². The van der Waals surface area contributed by atoms with Crippen LogP contribution in [0.4, 0.5) is 0 Å². The molecular weight excluding hydrogens is 316 g/mol. The first kappa shape index (κ1) is 19.1. The predicted octanol–water partition coefficient (Wildman–Crippen LogP) is 5.17. The number of cyclic esters (lactones) is 1. The summed E-state index contributed by atoms with van der Waals surface area (Å²) in [4.78, 5) is 12.6. The summed E-state index contributed by atoms with van der Waals surface area (Å²) in [6, 6.07) is 3.56. The minimum atomic E-state index is -0.361. The number of fused-ring (bicyclic) bond motifs is 1. The van der Waals surface area contributed by atoms with E-state index in [1.165, 1.54) is 19.3 Å². The number of esters is 1. The van der Waals surface area contributed by atoms with E-state index in [9.17, 15) is 4.79 Å². The average Bonchev–Trinajstić information content (AvgIpc) is 2.63. The quantitative estimate of drug-likeness (QED) is 0.548. The van der Waals surface area contributed by atoms with Gasteiger partial charge in [-0.25, -0.2) is 4.79 Å². The van der Waals surface area contributed by atoms with Crippen LogP contribution in [0.2, 0.25) is 0 Å². The number of benzene rings is 1. The molecule has 1 aromatic carbocycles. The van der Waals surface area contributed by atoms with E-state index >= 15 is 0 Å². The highest BCUT2D eigenvalue weighted by molar-refractivity contribution is 5.97. The fourth-order valence-electron chi connectivity index (χ4n) is 2.86. The molecule has 0 amide bonds. The molecule has 0 fully saturated rings. The smallest absolute Gasteiger partial charge is 0.342 e. The normalized spacial score (nSPS) is 19.4. The van der Waals surface area contributed by atoms with Crippen molar-refractivity contribution in [3.63, 3.8) is 0 Å². The van der Waals surface area contributed by atoms with E-state index in [1.54, 1.807) is 20.3 Å². The lowest BCUT2D eigenvalue weighted by Gasteiger charge is -2.13. The van der Waals surface area contributed by atoms with Crippen molar-refractivity contribution in [2.75, 3.05) is 20.8 Å². The molecule has 136 valence electrons. The Labute approximate surface area is 150 Å². The molecule has 25 heavy (non-hydrogen) atoms. The van der Waals surface area contributed by atoms with E-state index in [0.717, 1.165) is 31.2 Å². The Hall–Kier alpha value is -2.23. The van der Waals surface area contributed by atoms with Crippen LogP contribution in [0, 0.1) is 0 Å². The summed E-state index contributed by atoms with van der Waals surface area (Å²) in [7, 11) is 3.15. The molecule has 4 nitrogen and oxygen atoms in total. The summed E-state index contributed by atoms with van der Waals surface area (Å²) in [6.45, 7) is 0.369. The molecule has 0 atom stereocenters. The maximum Gasteiger partial charge on any atom is 0.342 e. The van der Waals surface area contributed by atoms with Gasteiger partial charge in [-0.2, -0.15) is 0 Å². The van der Waals surface area contributed by atoms with E-state index in [1.807, 2.05) is 12.1 Å². The zero-order valence-corrected chi connectivity index (χ0v) is 15.3. The second-order valence-corrected chi connectivity index (χ2v) is 6.08. The maximum absolute atomic E-state index is 12.6. The molecule has 1 aromatic rings. The Kier molecular flexibility index (Phi) is 8.10. The Morgan fingerprint density at radius 1 is 0.880 bits per heavy atom. The first-order valence-corrected chi connectivity index (χ1v) is 9.01. The largest absolute Gasteiger partial charge is 0.497 e. The Morgan fingerprint density at radius 3 is 2.32 bits per heavy atom. The zero-order valence-electron chi connectivity index (χ0n) is 15.3. The molecule has 0 radical (unpaired) electrons. The van der Waals surface area contributed by atoms with Crippen LogP contribution in [-0.4, -0.2) is 26.8 Å². The number of hydrogen-bond acceptors (Lipinski definition) is 4. The summed E-state index contributed by atoms with van der Waals surface area (Å²) in [5.41, 5.74) is 1.22. The minimum absolute atomic E-state index is 0.361. The molecule has 1 aliphatic rings. The van der Waals surface area contributed by atoms with E-state index in [2.05, 4.69) is 18.2 Å². The van der Waals surface area contributed by atoms with Gasteiger partial charge in [0.2, 0.25) is 0 Å². The highest BCUT2D eigenvalue weighted by Gasteiger charge is 2.19. The third-order valence-electron chi connectivity index (χ3n) is 4.24. The summed E-state index contributed by atoms with van der Waals surface area (Å²) >= 11 is 0. The van der Waals surface area contributed by atoms with Crippen molar-refractivity contribution in [1.29, 1.82) is 0 Å². The number of rotatable bonds is 2. The number of ether oxygens (including phenoxy) is 3. The van der Waals surface area contributed by atoms with Crippen molar-refractivity contribution in [2.45, 2.75) is 44.9 Å².